The predicted molar refractivity (Wildman–Crippen MR) is 67.2 cm³/mol. The summed E-state index contributed by atoms with van der Waals surface area (Å²) in [6, 6.07) is 15.1. The topological polar surface area (TPSA) is 58.0 Å². The molecule has 0 atom stereocenters. The molecule has 4 nitrogen and oxygen atoms in total. The summed E-state index contributed by atoms with van der Waals surface area (Å²) in [5, 5.41) is 3.68. The third-order valence-electron chi connectivity index (χ3n) is 2.44. The average molecular weight is 225 g/mol. The number of hydrogen-bond donors (Lipinski definition) is 0. The van der Waals surface area contributed by atoms with Crippen LogP contribution in [0, 0.1) is 0 Å². The number of ether oxygens (including phenoxy) is 1. The SMILES string of the molecule is COc1ccc(N=[N+]=[N-])c(-c2ccccc2)c1. The molecule has 0 amide bonds. The van der Waals surface area contributed by atoms with Crippen molar-refractivity contribution >= 4 is 5.69 Å². The van der Waals surface area contributed by atoms with E-state index < -0.39 is 0 Å². The van der Waals surface area contributed by atoms with Gasteiger partial charge in [0.2, 0.25) is 0 Å². The molecule has 0 unspecified atom stereocenters. The lowest BCUT2D eigenvalue weighted by atomic mass is 10.0. The second-order valence-corrected chi connectivity index (χ2v) is 3.44. The van der Waals surface area contributed by atoms with Gasteiger partial charge in [0.25, 0.3) is 0 Å². The molecule has 0 heterocycles. The zero-order chi connectivity index (χ0) is 12.1. The first-order chi connectivity index (χ1) is 8.35. The Morgan fingerprint density at radius 3 is 2.53 bits per heavy atom. The lowest BCUT2D eigenvalue weighted by Crippen LogP contribution is -1.84. The molecule has 2 aromatic carbocycles. The van der Waals surface area contributed by atoms with Crippen molar-refractivity contribution in [3.8, 4) is 16.9 Å². The van der Waals surface area contributed by atoms with Gasteiger partial charge in [-0.25, -0.2) is 0 Å². The maximum atomic E-state index is 8.54. The fourth-order valence-electron chi connectivity index (χ4n) is 1.63. The van der Waals surface area contributed by atoms with Gasteiger partial charge in [0.05, 0.1) is 7.11 Å². The summed E-state index contributed by atoms with van der Waals surface area (Å²) < 4.78 is 5.17. The van der Waals surface area contributed by atoms with Gasteiger partial charge in [-0.05, 0) is 34.9 Å². The molecule has 0 aliphatic carbocycles. The molecule has 0 radical (unpaired) electrons. The summed E-state index contributed by atoms with van der Waals surface area (Å²) in [6.07, 6.45) is 0. The summed E-state index contributed by atoms with van der Waals surface area (Å²) in [4.78, 5) is 2.83. The van der Waals surface area contributed by atoms with Crippen LogP contribution in [-0.4, -0.2) is 7.11 Å². The van der Waals surface area contributed by atoms with E-state index in [1.807, 2.05) is 36.4 Å². The fraction of sp³-hybridized carbons (Fsp3) is 0.0769. The number of benzene rings is 2. The first-order valence-electron chi connectivity index (χ1n) is 5.13. The van der Waals surface area contributed by atoms with Crippen LogP contribution in [-0.2, 0) is 0 Å². The normalized spacial score (nSPS) is 9.47. The Morgan fingerprint density at radius 2 is 1.88 bits per heavy atom. The predicted octanol–water partition coefficient (Wildman–Crippen LogP) is 4.30. The highest BCUT2D eigenvalue weighted by atomic mass is 16.5. The maximum Gasteiger partial charge on any atom is 0.119 e. The van der Waals surface area contributed by atoms with Gasteiger partial charge in [-0.2, -0.15) is 0 Å². The molecule has 0 bridgehead atoms. The van der Waals surface area contributed by atoms with Crippen molar-refractivity contribution in [2.45, 2.75) is 0 Å². The van der Waals surface area contributed by atoms with Gasteiger partial charge < -0.3 is 4.74 Å². The van der Waals surface area contributed by atoms with Crippen LogP contribution in [0.3, 0.4) is 0 Å². The molecule has 0 N–H and O–H groups in total. The molecule has 0 saturated heterocycles. The van der Waals surface area contributed by atoms with Gasteiger partial charge >= 0.3 is 0 Å². The van der Waals surface area contributed by atoms with Crippen molar-refractivity contribution in [1.29, 1.82) is 0 Å². The molecule has 0 aromatic heterocycles. The smallest absolute Gasteiger partial charge is 0.119 e. The minimum absolute atomic E-state index is 0.597. The van der Waals surface area contributed by atoms with Crippen molar-refractivity contribution < 1.29 is 4.74 Å². The highest BCUT2D eigenvalue weighted by Gasteiger charge is 2.05. The van der Waals surface area contributed by atoms with E-state index >= 15 is 0 Å². The first kappa shape index (κ1) is 11.0. The second-order valence-electron chi connectivity index (χ2n) is 3.44. The van der Waals surface area contributed by atoms with Crippen molar-refractivity contribution in [2.24, 2.45) is 5.11 Å². The van der Waals surface area contributed by atoms with Gasteiger partial charge in [-0.15, -0.1) is 0 Å². The summed E-state index contributed by atoms with van der Waals surface area (Å²) >= 11 is 0. The van der Waals surface area contributed by atoms with E-state index in [-0.39, 0.29) is 0 Å². The van der Waals surface area contributed by atoms with Gasteiger partial charge in [-0.1, -0.05) is 35.4 Å². The second kappa shape index (κ2) is 5.05. The van der Waals surface area contributed by atoms with Crippen molar-refractivity contribution in [1.82, 2.24) is 0 Å². The van der Waals surface area contributed by atoms with Gasteiger partial charge in [0.15, 0.2) is 0 Å². The minimum atomic E-state index is 0.597. The minimum Gasteiger partial charge on any atom is -0.497 e. The van der Waals surface area contributed by atoms with Crippen LogP contribution in [0.25, 0.3) is 21.6 Å². The number of hydrogen-bond acceptors (Lipinski definition) is 2. The lowest BCUT2D eigenvalue weighted by molar-refractivity contribution is 0.415. The molecule has 0 aliphatic rings. The summed E-state index contributed by atoms with van der Waals surface area (Å²) in [5.41, 5.74) is 11.0. The van der Waals surface area contributed by atoms with E-state index in [0.717, 1.165) is 16.9 Å². The van der Waals surface area contributed by atoms with Crippen LogP contribution in [0.15, 0.2) is 53.6 Å². The van der Waals surface area contributed by atoms with Gasteiger partial charge in [0.1, 0.15) is 5.75 Å². The lowest BCUT2D eigenvalue weighted by Gasteiger charge is -2.07. The third-order valence-corrected chi connectivity index (χ3v) is 2.44. The standard InChI is InChI=1S/C13H11N3O/c1-17-11-7-8-13(15-16-14)12(9-11)10-5-3-2-4-6-10/h2-9H,1H3. The quantitative estimate of drug-likeness (QED) is 0.436. The third kappa shape index (κ3) is 2.38. The molecule has 0 fully saturated rings. The number of rotatable bonds is 3. The average Bonchev–Trinajstić information content (AvgIpc) is 2.40. The Balaban J connectivity index is 2.60. The molecule has 2 rings (SSSR count). The Bertz CT molecular complexity index is 560. The van der Waals surface area contributed by atoms with Gasteiger partial charge in [-0.3, -0.25) is 0 Å². The molecule has 0 spiro atoms. The van der Waals surface area contributed by atoms with E-state index in [1.165, 1.54) is 0 Å². The first-order valence-corrected chi connectivity index (χ1v) is 5.13. The van der Waals surface area contributed by atoms with Crippen molar-refractivity contribution in [3.63, 3.8) is 0 Å². The Labute approximate surface area is 99.1 Å². The molecule has 2 aromatic rings. The summed E-state index contributed by atoms with van der Waals surface area (Å²) in [6.45, 7) is 0. The highest BCUT2D eigenvalue weighted by Crippen LogP contribution is 2.33. The zero-order valence-corrected chi connectivity index (χ0v) is 9.37. The van der Waals surface area contributed by atoms with E-state index in [2.05, 4.69) is 10.0 Å². The Morgan fingerprint density at radius 1 is 1.12 bits per heavy atom. The largest absolute Gasteiger partial charge is 0.497 e. The Hall–Kier alpha value is -2.45. The highest BCUT2D eigenvalue weighted by molar-refractivity contribution is 5.77. The van der Waals surface area contributed by atoms with Gasteiger partial charge in [0, 0.05) is 10.6 Å². The summed E-state index contributed by atoms with van der Waals surface area (Å²) in [5.74, 6) is 0.737. The molecule has 4 heteroatoms. The zero-order valence-electron chi connectivity index (χ0n) is 9.37. The molecular weight excluding hydrogens is 214 g/mol. The van der Waals surface area contributed by atoms with Crippen LogP contribution in [0.2, 0.25) is 0 Å². The van der Waals surface area contributed by atoms with Crippen LogP contribution in [0.1, 0.15) is 0 Å². The number of nitrogens with zero attached hydrogens (tertiary/aromatic N) is 3. The molecular formula is C13H11N3O. The molecule has 17 heavy (non-hydrogen) atoms. The Kier molecular flexibility index (Phi) is 3.28. The maximum absolute atomic E-state index is 8.54. The van der Waals surface area contributed by atoms with E-state index in [4.69, 9.17) is 10.3 Å². The number of azide groups is 1. The monoisotopic (exact) mass is 225 g/mol. The van der Waals surface area contributed by atoms with Crippen molar-refractivity contribution in [2.75, 3.05) is 7.11 Å². The summed E-state index contributed by atoms with van der Waals surface area (Å²) in [7, 11) is 1.61. The molecule has 0 aliphatic heterocycles. The van der Waals surface area contributed by atoms with E-state index in [0.29, 0.717) is 5.69 Å². The van der Waals surface area contributed by atoms with Crippen molar-refractivity contribution in [3.05, 3.63) is 59.0 Å². The van der Waals surface area contributed by atoms with Crippen LogP contribution in [0.5, 0.6) is 5.75 Å². The molecule has 84 valence electrons. The molecule has 0 saturated carbocycles. The van der Waals surface area contributed by atoms with E-state index in [9.17, 15) is 0 Å². The van der Waals surface area contributed by atoms with Crippen LogP contribution in [0.4, 0.5) is 5.69 Å². The van der Waals surface area contributed by atoms with E-state index in [1.54, 1.807) is 19.2 Å². The fourth-order valence-corrected chi connectivity index (χ4v) is 1.63. The number of methoxy groups -OCH3 is 1. The van der Waals surface area contributed by atoms with Crippen LogP contribution >= 0.6 is 0 Å². The van der Waals surface area contributed by atoms with Crippen LogP contribution < -0.4 is 4.74 Å².